The van der Waals surface area contributed by atoms with Crippen molar-refractivity contribution < 1.29 is 24.3 Å². The average molecular weight is 521 g/mol. The van der Waals surface area contributed by atoms with Crippen molar-refractivity contribution in [2.24, 2.45) is 11.5 Å². The number of aromatic amines is 1. The maximum Gasteiger partial charge on any atom is 0.326 e. The molecule has 0 aliphatic rings. The summed E-state index contributed by atoms with van der Waals surface area (Å²) in [7, 11) is 0. The molecule has 0 bridgehead atoms. The molecule has 1 aromatic carbocycles. The number of carboxylic acids is 1. The van der Waals surface area contributed by atoms with Gasteiger partial charge in [0, 0.05) is 17.1 Å². The van der Waals surface area contributed by atoms with Crippen LogP contribution in [0.4, 0.5) is 0 Å². The maximum absolute atomic E-state index is 12.7. The van der Waals surface area contributed by atoms with Gasteiger partial charge < -0.3 is 37.5 Å². The van der Waals surface area contributed by atoms with Gasteiger partial charge in [-0.3, -0.25) is 14.4 Å². The Morgan fingerprint density at radius 1 is 1.06 bits per heavy atom. The highest BCUT2D eigenvalue weighted by molar-refractivity contribution is 7.98. The molecular weight excluding hydrogens is 484 g/mol. The maximum atomic E-state index is 12.7. The molecule has 3 amide bonds. The number of carbonyl (C=O) groups excluding carboxylic acids is 3. The highest BCUT2D eigenvalue weighted by atomic mass is 32.2. The third-order valence-corrected chi connectivity index (χ3v) is 6.34. The minimum atomic E-state index is -1.15. The monoisotopic (exact) mass is 520 g/mol. The Labute approximate surface area is 214 Å². The van der Waals surface area contributed by atoms with Crippen LogP contribution in [0.15, 0.2) is 30.5 Å². The molecule has 0 saturated heterocycles. The third-order valence-electron chi connectivity index (χ3n) is 5.70. The lowest BCUT2D eigenvalue weighted by atomic mass is 10.1. The van der Waals surface area contributed by atoms with Crippen LogP contribution in [0.3, 0.4) is 0 Å². The van der Waals surface area contributed by atoms with Crippen molar-refractivity contribution in [3.8, 4) is 0 Å². The normalized spacial score (nSPS) is 13.5. The van der Waals surface area contributed by atoms with Crippen molar-refractivity contribution in [3.05, 3.63) is 36.0 Å². The van der Waals surface area contributed by atoms with Gasteiger partial charge in [0.1, 0.15) is 12.1 Å². The second kappa shape index (κ2) is 15.1. The van der Waals surface area contributed by atoms with Crippen LogP contribution in [0.1, 0.15) is 31.2 Å². The predicted molar refractivity (Wildman–Crippen MR) is 140 cm³/mol. The summed E-state index contributed by atoms with van der Waals surface area (Å²) >= 11 is 1.49. The van der Waals surface area contributed by atoms with E-state index >= 15 is 0 Å². The Bertz CT molecular complexity index is 1030. The first-order chi connectivity index (χ1) is 17.3. The van der Waals surface area contributed by atoms with Gasteiger partial charge in [0.25, 0.3) is 0 Å². The Morgan fingerprint density at radius 2 is 1.81 bits per heavy atom. The SMILES string of the molecule is CSCCC(NC(=O)CNC(=O)C(N)Cc1c[nH]c2ccccc12)C(=O)NC(CCCCN)C(=O)O. The molecule has 3 unspecified atom stereocenters. The number of aliphatic carboxylic acids is 1. The summed E-state index contributed by atoms with van der Waals surface area (Å²) in [4.78, 5) is 52.3. The van der Waals surface area contributed by atoms with E-state index < -0.39 is 41.8 Å². The number of hydrogen-bond donors (Lipinski definition) is 7. The minimum Gasteiger partial charge on any atom is -0.480 e. The lowest BCUT2D eigenvalue weighted by Crippen LogP contribution is -2.54. The van der Waals surface area contributed by atoms with E-state index in [9.17, 15) is 24.3 Å². The number of thioether (sulfide) groups is 1. The summed E-state index contributed by atoms with van der Waals surface area (Å²) in [6.45, 7) is 0.0756. The molecule has 0 aliphatic carbocycles. The number of benzene rings is 1. The summed E-state index contributed by atoms with van der Waals surface area (Å²) < 4.78 is 0. The van der Waals surface area contributed by atoms with Gasteiger partial charge in [0.15, 0.2) is 0 Å². The zero-order valence-electron chi connectivity index (χ0n) is 20.4. The van der Waals surface area contributed by atoms with Crippen LogP contribution < -0.4 is 27.4 Å². The van der Waals surface area contributed by atoms with Crippen LogP contribution in [0, 0.1) is 0 Å². The van der Waals surface area contributed by atoms with Crippen LogP contribution in [-0.4, -0.2) is 77.0 Å². The Hall–Kier alpha value is -3.09. The molecule has 1 aromatic heterocycles. The predicted octanol–water partition coefficient (Wildman–Crippen LogP) is 0.0902. The summed E-state index contributed by atoms with van der Waals surface area (Å²) in [5.74, 6) is -2.22. The number of nitrogens with two attached hydrogens (primary N) is 2. The number of rotatable bonds is 16. The number of carbonyl (C=O) groups is 4. The molecule has 9 N–H and O–H groups in total. The zero-order chi connectivity index (χ0) is 26.5. The van der Waals surface area contributed by atoms with Crippen molar-refractivity contribution >= 4 is 46.4 Å². The summed E-state index contributed by atoms with van der Waals surface area (Å²) in [6, 6.07) is 4.81. The Morgan fingerprint density at radius 3 is 2.50 bits per heavy atom. The van der Waals surface area contributed by atoms with E-state index in [-0.39, 0.29) is 19.4 Å². The van der Waals surface area contributed by atoms with E-state index in [1.165, 1.54) is 11.8 Å². The van der Waals surface area contributed by atoms with Crippen molar-refractivity contribution in [1.29, 1.82) is 0 Å². The number of para-hydroxylation sites is 1. The van der Waals surface area contributed by atoms with Gasteiger partial charge >= 0.3 is 5.97 Å². The van der Waals surface area contributed by atoms with Gasteiger partial charge in [-0.1, -0.05) is 18.2 Å². The van der Waals surface area contributed by atoms with Gasteiger partial charge in [-0.2, -0.15) is 11.8 Å². The van der Waals surface area contributed by atoms with Crippen molar-refractivity contribution in [2.75, 3.05) is 25.1 Å². The van der Waals surface area contributed by atoms with Crippen LogP contribution in [0.2, 0.25) is 0 Å². The van der Waals surface area contributed by atoms with E-state index in [2.05, 4.69) is 20.9 Å². The number of carboxylic acid groups (broad SMARTS) is 1. The smallest absolute Gasteiger partial charge is 0.326 e. The number of H-pyrrole nitrogens is 1. The number of hydrogen-bond acceptors (Lipinski definition) is 7. The van der Waals surface area contributed by atoms with E-state index in [0.29, 0.717) is 31.6 Å². The number of fused-ring (bicyclic) bond motifs is 1. The van der Waals surface area contributed by atoms with Gasteiger partial charge in [-0.05, 0) is 62.3 Å². The molecule has 2 rings (SSSR count). The fourth-order valence-corrected chi connectivity index (χ4v) is 4.17. The first-order valence-electron chi connectivity index (χ1n) is 11.9. The molecule has 11 nitrogen and oxygen atoms in total. The van der Waals surface area contributed by atoms with E-state index in [1.54, 1.807) is 6.20 Å². The molecule has 0 fully saturated rings. The average Bonchev–Trinajstić information content (AvgIpc) is 3.26. The van der Waals surface area contributed by atoms with E-state index in [1.807, 2.05) is 30.5 Å². The van der Waals surface area contributed by atoms with Crippen LogP contribution in [0.25, 0.3) is 10.9 Å². The topological polar surface area (TPSA) is 192 Å². The zero-order valence-corrected chi connectivity index (χ0v) is 21.2. The van der Waals surface area contributed by atoms with Crippen molar-refractivity contribution in [2.45, 2.75) is 50.2 Å². The second-order valence-corrected chi connectivity index (χ2v) is 9.46. The molecular formula is C24H36N6O5S. The van der Waals surface area contributed by atoms with Gasteiger partial charge in [0.2, 0.25) is 17.7 Å². The third kappa shape index (κ3) is 9.17. The molecule has 0 radical (unpaired) electrons. The largest absolute Gasteiger partial charge is 0.480 e. The fraction of sp³-hybridized carbons (Fsp3) is 0.500. The standard InChI is InChI=1S/C24H36N6O5S/c1-36-11-9-19(23(33)30-20(24(34)35)8-4-5-10-25)29-21(31)14-28-22(32)17(26)12-15-13-27-18-7-3-2-6-16(15)18/h2-3,6-7,13,17,19-20,27H,4-5,8-12,14,25-26H2,1H3,(H,28,32)(H,29,31)(H,30,33)(H,34,35). The summed E-state index contributed by atoms with van der Waals surface area (Å²) in [5.41, 5.74) is 13.3. The molecule has 198 valence electrons. The fourth-order valence-electron chi connectivity index (χ4n) is 3.70. The molecule has 36 heavy (non-hydrogen) atoms. The first-order valence-corrected chi connectivity index (χ1v) is 13.3. The lowest BCUT2D eigenvalue weighted by molar-refractivity contribution is -0.142. The summed E-state index contributed by atoms with van der Waals surface area (Å²) in [6.07, 6.45) is 5.71. The van der Waals surface area contributed by atoms with Crippen LogP contribution >= 0.6 is 11.8 Å². The van der Waals surface area contributed by atoms with Gasteiger partial charge in [-0.15, -0.1) is 0 Å². The first kappa shape index (κ1) is 29.1. The van der Waals surface area contributed by atoms with Gasteiger partial charge in [0.05, 0.1) is 12.6 Å². The highest BCUT2D eigenvalue weighted by Crippen LogP contribution is 2.18. The molecule has 12 heteroatoms. The molecule has 0 aliphatic heterocycles. The summed E-state index contributed by atoms with van der Waals surface area (Å²) in [5, 5.41) is 18.0. The van der Waals surface area contributed by atoms with Crippen LogP contribution in [0.5, 0.6) is 0 Å². The number of nitrogens with one attached hydrogen (secondary N) is 4. The number of aromatic nitrogens is 1. The second-order valence-electron chi connectivity index (χ2n) is 8.47. The highest BCUT2D eigenvalue weighted by Gasteiger charge is 2.26. The number of unbranched alkanes of at least 4 members (excludes halogenated alkanes) is 1. The molecule has 0 saturated carbocycles. The van der Waals surface area contributed by atoms with Crippen molar-refractivity contribution in [3.63, 3.8) is 0 Å². The quantitative estimate of drug-likeness (QED) is 0.151. The molecule has 3 atom stereocenters. The Balaban J connectivity index is 1.88. The van der Waals surface area contributed by atoms with E-state index in [4.69, 9.17) is 11.5 Å². The molecule has 1 heterocycles. The van der Waals surface area contributed by atoms with Crippen molar-refractivity contribution in [1.82, 2.24) is 20.9 Å². The van der Waals surface area contributed by atoms with E-state index in [0.717, 1.165) is 16.5 Å². The van der Waals surface area contributed by atoms with Gasteiger partial charge in [-0.25, -0.2) is 4.79 Å². The lowest BCUT2D eigenvalue weighted by Gasteiger charge is -2.21. The van der Waals surface area contributed by atoms with Crippen LogP contribution in [-0.2, 0) is 25.6 Å². The molecule has 0 spiro atoms. The minimum absolute atomic E-state index is 0.242. The number of amides is 3. The molecule has 2 aromatic rings. The Kier molecular flexibility index (Phi) is 12.2.